The van der Waals surface area contributed by atoms with E-state index in [9.17, 15) is 4.79 Å². The fourth-order valence-corrected chi connectivity index (χ4v) is 7.64. The molecule has 0 radical (unpaired) electrons. The van der Waals surface area contributed by atoms with E-state index in [1.165, 1.54) is 0 Å². The van der Waals surface area contributed by atoms with Gasteiger partial charge in [0.15, 0.2) is 0 Å². The fourth-order valence-electron chi connectivity index (χ4n) is 5.37. The number of nitrogens with one attached hydrogen (secondary N) is 1. The number of thiophene rings is 1. The summed E-state index contributed by atoms with van der Waals surface area (Å²) in [5.74, 6) is 1.74. The van der Waals surface area contributed by atoms with Gasteiger partial charge in [0, 0.05) is 37.8 Å². The Bertz CT molecular complexity index is 1410. The molecule has 198 valence electrons. The molecule has 1 aliphatic rings. The predicted molar refractivity (Wildman–Crippen MR) is 165 cm³/mol. The normalized spacial score (nSPS) is 17.4. The molecule has 0 unspecified atom stereocenters. The van der Waals surface area contributed by atoms with Gasteiger partial charge in [-0.1, -0.05) is 36.4 Å². The molecule has 0 spiro atoms. The van der Waals surface area contributed by atoms with Crippen molar-refractivity contribution >= 4 is 49.9 Å². The number of hydrogen-bond donors (Lipinski definition) is 1. The molecule has 7 heteroatoms. The molecule has 1 saturated carbocycles. The van der Waals surface area contributed by atoms with Gasteiger partial charge in [0.1, 0.15) is 16.4 Å². The maximum Gasteiger partial charge on any atom is 0.265 e. The average molecular weight is 641 g/mol. The molecule has 3 aromatic carbocycles. The lowest BCUT2D eigenvalue weighted by molar-refractivity contribution is 0.0603. The summed E-state index contributed by atoms with van der Waals surface area (Å²) in [5, 5.41) is 4.57. The average Bonchev–Trinajstić information content (AvgIpc) is 3.32. The van der Waals surface area contributed by atoms with Crippen LogP contribution in [0, 0.1) is 3.57 Å². The van der Waals surface area contributed by atoms with Crippen molar-refractivity contribution in [2.24, 2.45) is 0 Å². The topological polar surface area (TPSA) is 50.8 Å². The standard InChI is InChI=1S/C31H33IN2O3S/c1-33-23-11-13-24(14-12-23)34(31(35)30-29(32)26-6-4-5-7-28(26)38-30)19-22-18-21(10-17-27(22)37-3)20-8-15-25(36-2)16-9-20/h4-10,15-18,23-24,33H,11-14,19H2,1-3H3. The van der Waals surface area contributed by atoms with Gasteiger partial charge in [0.2, 0.25) is 0 Å². The third kappa shape index (κ3) is 5.55. The molecule has 5 nitrogen and oxygen atoms in total. The number of hydrogen-bond acceptors (Lipinski definition) is 5. The van der Waals surface area contributed by atoms with E-state index >= 15 is 0 Å². The Labute approximate surface area is 242 Å². The van der Waals surface area contributed by atoms with Gasteiger partial charge in [-0.25, -0.2) is 0 Å². The van der Waals surface area contributed by atoms with Crippen LogP contribution >= 0.6 is 33.9 Å². The molecule has 38 heavy (non-hydrogen) atoms. The van der Waals surface area contributed by atoms with Gasteiger partial charge >= 0.3 is 0 Å². The summed E-state index contributed by atoms with van der Waals surface area (Å²) < 4.78 is 13.3. The predicted octanol–water partition coefficient (Wildman–Crippen LogP) is 7.36. The van der Waals surface area contributed by atoms with Crippen LogP contribution in [0.5, 0.6) is 11.5 Å². The Morgan fingerprint density at radius 3 is 2.34 bits per heavy atom. The van der Waals surface area contributed by atoms with Gasteiger partial charge in [0.25, 0.3) is 5.91 Å². The van der Waals surface area contributed by atoms with Gasteiger partial charge in [-0.15, -0.1) is 11.3 Å². The zero-order chi connectivity index (χ0) is 26.6. The van der Waals surface area contributed by atoms with Crippen molar-refractivity contribution < 1.29 is 14.3 Å². The maximum atomic E-state index is 14.3. The quantitative estimate of drug-likeness (QED) is 0.205. The largest absolute Gasteiger partial charge is 0.497 e. The molecule has 0 bridgehead atoms. The van der Waals surface area contributed by atoms with Crippen molar-refractivity contribution in [3.63, 3.8) is 0 Å². The minimum absolute atomic E-state index is 0.111. The van der Waals surface area contributed by atoms with Gasteiger partial charge < -0.3 is 19.7 Å². The first kappa shape index (κ1) is 27.0. The van der Waals surface area contributed by atoms with Gasteiger partial charge in [-0.05, 0) is 96.8 Å². The van der Waals surface area contributed by atoms with Gasteiger partial charge in [-0.3, -0.25) is 4.79 Å². The molecule has 0 saturated heterocycles. The van der Waals surface area contributed by atoms with Crippen LogP contribution < -0.4 is 14.8 Å². The molecule has 4 aromatic rings. The van der Waals surface area contributed by atoms with E-state index in [0.29, 0.717) is 12.6 Å². The Morgan fingerprint density at radius 1 is 0.974 bits per heavy atom. The van der Waals surface area contributed by atoms with Crippen molar-refractivity contribution in [3.05, 3.63) is 80.7 Å². The third-order valence-corrected chi connectivity index (χ3v) is 10.2. The number of ether oxygens (including phenoxy) is 2. The highest BCUT2D eigenvalue weighted by atomic mass is 127. The molecule has 0 atom stereocenters. The van der Waals surface area contributed by atoms with E-state index in [1.54, 1.807) is 25.6 Å². The molecule has 1 N–H and O–H groups in total. The van der Waals surface area contributed by atoms with Crippen molar-refractivity contribution in [1.29, 1.82) is 0 Å². The molecule has 1 aromatic heterocycles. The summed E-state index contributed by atoms with van der Waals surface area (Å²) >= 11 is 3.94. The second kappa shape index (κ2) is 12.1. The molecule has 1 fully saturated rings. The van der Waals surface area contributed by atoms with Crippen LogP contribution in [0.1, 0.15) is 40.9 Å². The number of carbonyl (C=O) groups is 1. The van der Waals surface area contributed by atoms with Crippen molar-refractivity contribution in [2.75, 3.05) is 21.3 Å². The minimum Gasteiger partial charge on any atom is -0.497 e. The summed E-state index contributed by atoms with van der Waals surface area (Å²) in [6, 6.07) is 23.3. The van der Waals surface area contributed by atoms with Crippen LogP contribution in [-0.4, -0.2) is 44.2 Å². The highest BCUT2D eigenvalue weighted by molar-refractivity contribution is 14.1. The maximum absolute atomic E-state index is 14.3. The molecule has 0 aliphatic heterocycles. The number of nitrogens with zero attached hydrogens (tertiary/aromatic N) is 1. The van der Waals surface area contributed by atoms with E-state index in [0.717, 1.165) is 72.4 Å². The van der Waals surface area contributed by atoms with Gasteiger partial charge in [-0.2, -0.15) is 0 Å². The first-order valence-electron chi connectivity index (χ1n) is 13.0. The molecular formula is C31H33IN2O3S. The number of halogens is 1. The molecule has 1 heterocycles. The number of rotatable bonds is 8. The Balaban J connectivity index is 1.51. The van der Waals surface area contributed by atoms with Crippen LogP contribution in [0.15, 0.2) is 66.7 Å². The second-order valence-corrected chi connectivity index (χ2v) is 11.9. The Morgan fingerprint density at radius 2 is 1.68 bits per heavy atom. The Kier molecular flexibility index (Phi) is 8.55. The Hall–Kier alpha value is -2.62. The van der Waals surface area contributed by atoms with E-state index in [2.05, 4.69) is 69.2 Å². The molecule has 1 aliphatic carbocycles. The molecular weight excluding hydrogens is 607 g/mol. The first-order chi connectivity index (χ1) is 18.5. The van der Waals surface area contributed by atoms with E-state index in [-0.39, 0.29) is 11.9 Å². The van der Waals surface area contributed by atoms with Crippen molar-refractivity contribution in [1.82, 2.24) is 10.2 Å². The molecule has 1 amide bonds. The van der Waals surface area contributed by atoms with Crippen LogP contribution in [0.25, 0.3) is 21.2 Å². The van der Waals surface area contributed by atoms with E-state index in [1.807, 2.05) is 37.4 Å². The lowest BCUT2D eigenvalue weighted by Gasteiger charge is -2.37. The number of benzene rings is 3. The highest BCUT2D eigenvalue weighted by Gasteiger charge is 2.32. The summed E-state index contributed by atoms with van der Waals surface area (Å²) in [4.78, 5) is 17.2. The van der Waals surface area contributed by atoms with E-state index < -0.39 is 0 Å². The number of fused-ring (bicyclic) bond motifs is 1. The van der Waals surface area contributed by atoms with Crippen molar-refractivity contribution in [3.8, 4) is 22.6 Å². The SMILES string of the molecule is CNC1CCC(N(Cc2cc(-c3ccc(OC)cc3)ccc2OC)C(=O)c2sc3ccccc3c2I)CC1. The minimum atomic E-state index is 0.111. The van der Waals surface area contributed by atoms with Crippen LogP contribution in [0.4, 0.5) is 0 Å². The smallest absolute Gasteiger partial charge is 0.265 e. The number of amides is 1. The lowest BCUT2D eigenvalue weighted by atomic mass is 9.89. The monoisotopic (exact) mass is 640 g/mol. The lowest BCUT2D eigenvalue weighted by Crippen LogP contribution is -2.44. The first-order valence-corrected chi connectivity index (χ1v) is 14.9. The fraction of sp³-hybridized carbons (Fsp3) is 0.323. The van der Waals surface area contributed by atoms with Crippen LogP contribution in [0.2, 0.25) is 0 Å². The van der Waals surface area contributed by atoms with Crippen LogP contribution in [-0.2, 0) is 6.54 Å². The third-order valence-electron chi connectivity index (χ3n) is 7.58. The molecule has 5 rings (SSSR count). The van der Waals surface area contributed by atoms with Crippen LogP contribution in [0.3, 0.4) is 0 Å². The second-order valence-electron chi connectivity index (χ2n) is 9.72. The van der Waals surface area contributed by atoms with Crippen molar-refractivity contribution in [2.45, 2.75) is 44.3 Å². The summed E-state index contributed by atoms with van der Waals surface area (Å²) in [6.07, 6.45) is 4.10. The zero-order valence-corrected chi connectivity index (χ0v) is 25.0. The number of carbonyl (C=O) groups excluding carboxylic acids is 1. The summed E-state index contributed by atoms with van der Waals surface area (Å²) in [5.41, 5.74) is 3.20. The highest BCUT2D eigenvalue weighted by Crippen LogP contribution is 2.36. The summed E-state index contributed by atoms with van der Waals surface area (Å²) in [7, 11) is 5.40. The number of methoxy groups -OCH3 is 2. The van der Waals surface area contributed by atoms with E-state index in [4.69, 9.17) is 9.47 Å². The summed E-state index contributed by atoms with van der Waals surface area (Å²) in [6.45, 7) is 0.505. The zero-order valence-electron chi connectivity index (χ0n) is 22.0. The van der Waals surface area contributed by atoms with Gasteiger partial charge in [0.05, 0.1) is 14.2 Å².